The number of rotatable bonds is 6. The average molecular weight is 259 g/mol. The van der Waals surface area contributed by atoms with Crippen LogP contribution in [0.5, 0.6) is 5.75 Å². The number of carboxylic acids is 1. The Labute approximate surface area is 113 Å². The number of hydrogen-bond acceptors (Lipinski definition) is 3. The number of hydrogen-bond donors (Lipinski definition) is 1. The summed E-state index contributed by atoms with van der Waals surface area (Å²) >= 11 is 0. The summed E-state index contributed by atoms with van der Waals surface area (Å²) in [4.78, 5) is 12.5. The van der Waals surface area contributed by atoms with Crippen molar-refractivity contribution < 1.29 is 14.6 Å². The summed E-state index contributed by atoms with van der Waals surface area (Å²) in [5.41, 5.74) is 2.43. The smallest absolute Gasteiger partial charge is 0.317 e. The molecule has 0 atom stereocenters. The molecule has 1 aromatic rings. The molecule has 19 heavy (non-hydrogen) atoms. The Morgan fingerprint density at radius 2 is 2.37 bits per heavy atom. The maximum atomic E-state index is 10.7. The summed E-state index contributed by atoms with van der Waals surface area (Å²) in [6.07, 6.45) is 6.99. The first-order valence-corrected chi connectivity index (χ1v) is 6.31. The van der Waals surface area contributed by atoms with Gasteiger partial charge in [0.1, 0.15) is 5.75 Å². The molecule has 0 unspecified atom stereocenters. The summed E-state index contributed by atoms with van der Waals surface area (Å²) in [5.74, 6) is 2.61. The highest BCUT2D eigenvalue weighted by molar-refractivity contribution is 5.69. The first-order chi connectivity index (χ1) is 9.19. The molecule has 0 amide bonds. The zero-order valence-electron chi connectivity index (χ0n) is 10.8. The Kier molecular flexibility index (Phi) is 4.43. The minimum Gasteiger partial charge on any atom is -0.493 e. The van der Waals surface area contributed by atoms with Crippen molar-refractivity contribution >= 4 is 5.97 Å². The van der Waals surface area contributed by atoms with Crippen LogP contribution in [0.15, 0.2) is 18.2 Å². The van der Waals surface area contributed by atoms with E-state index in [2.05, 4.69) is 12.0 Å². The number of fused-ring (bicyclic) bond motifs is 1. The van der Waals surface area contributed by atoms with E-state index in [9.17, 15) is 4.79 Å². The fourth-order valence-electron chi connectivity index (χ4n) is 2.22. The van der Waals surface area contributed by atoms with Gasteiger partial charge in [-0.1, -0.05) is 18.1 Å². The van der Waals surface area contributed by atoms with E-state index in [4.69, 9.17) is 16.3 Å². The molecule has 0 radical (unpaired) electrons. The third-order valence-corrected chi connectivity index (χ3v) is 3.14. The van der Waals surface area contributed by atoms with Gasteiger partial charge in [0.05, 0.1) is 19.7 Å². The molecule has 1 N–H and O–H groups in total. The summed E-state index contributed by atoms with van der Waals surface area (Å²) in [6.45, 7) is 1.75. The molecule has 1 aliphatic heterocycles. The highest BCUT2D eigenvalue weighted by Gasteiger charge is 2.13. The second kappa shape index (κ2) is 6.26. The van der Waals surface area contributed by atoms with Gasteiger partial charge in [0.25, 0.3) is 0 Å². The van der Waals surface area contributed by atoms with Crippen molar-refractivity contribution in [3.8, 4) is 18.1 Å². The van der Waals surface area contributed by atoms with E-state index in [1.807, 2.05) is 12.1 Å². The minimum atomic E-state index is -0.849. The topological polar surface area (TPSA) is 49.8 Å². The summed E-state index contributed by atoms with van der Waals surface area (Å²) < 4.78 is 5.46. The molecule has 0 saturated heterocycles. The van der Waals surface area contributed by atoms with Crippen molar-refractivity contribution in [2.75, 3.05) is 26.2 Å². The van der Waals surface area contributed by atoms with Crippen LogP contribution in [0.3, 0.4) is 0 Å². The molecule has 1 aromatic carbocycles. The van der Waals surface area contributed by atoms with Crippen LogP contribution >= 0.6 is 0 Å². The molecule has 0 bridgehead atoms. The number of terminal acetylenes is 1. The predicted octanol–water partition coefficient (Wildman–Crippen LogP) is 1.18. The van der Waals surface area contributed by atoms with Crippen molar-refractivity contribution in [2.45, 2.75) is 12.8 Å². The van der Waals surface area contributed by atoms with E-state index >= 15 is 0 Å². The summed E-state index contributed by atoms with van der Waals surface area (Å²) in [5, 5.41) is 8.81. The summed E-state index contributed by atoms with van der Waals surface area (Å²) in [7, 11) is 0. The van der Waals surface area contributed by atoms with Crippen molar-refractivity contribution in [3.63, 3.8) is 0 Å². The molecule has 2 rings (SSSR count). The maximum absolute atomic E-state index is 10.7. The van der Waals surface area contributed by atoms with Crippen LogP contribution < -0.4 is 4.74 Å². The number of ether oxygens (including phenoxy) is 1. The van der Waals surface area contributed by atoms with Crippen LogP contribution in [0.25, 0.3) is 0 Å². The molecular formula is C15H17NO3. The largest absolute Gasteiger partial charge is 0.493 e. The van der Waals surface area contributed by atoms with Crippen LogP contribution in [0.4, 0.5) is 0 Å². The minimum absolute atomic E-state index is 0.0156. The molecule has 1 heterocycles. The first kappa shape index (κ1) is 13.4. The number of nitrogens with zero attached hydrogens (tertiary/aromatic N) is 1. The molecule has 100 valence electrons. The van der Waals surface area contributed by atoms with Gasteiger partial charge < -0.3 is 9.84 Å². The number of benzene rings is 1. The Morgan fingerprint density at radius 1 is 1.53 bits per heavy atom. The van der Waals surface area contributed by atoms with E-state index < -0.39 is 5.97 Å². The number of aliphatic carboxylic acids is 1. The Balaban J connectivity index is 1.93. The normalized spacial score (nSPS) is 12.8. The van der Waals surface area contributed by atoms with Crippen LogP contribution in [-0.2, 0) is 17.6 Å². The number of carbonyl (C=O) groups is 1. The molecule has 0 aromatic heterocycles. The van der Waals surface area contributed by atoms with Gasteiger partial charge in [-0.25, -0.2) is 0 Å². The van der Waals surface area contributed by atoms with Gasteiger partial charge >= 0.3 is 5.97 Å². The lowest BCUT2D eigenvalue weighted by molar-refractivity contribution is -0.138. The highest BCUT2D eigenvalue weighted by Crippen LogP contribution is 2.25. The van der Waals surface area contributed by atoms with Gasteiger partial charge in [0.2, 0.25) is 0 Å². The van der Waals surface area contributed by atoms with Crippen molar-refractivity contribution in [2.24, 2.45) is 0 Å². The zero-order chi connectivity index (χ0) is 13.7. The molecule has 1 aliphatic rings. The van der Waals surface area contributed by atoms with E-state index in [0.29, 0.717) is 13.1 Å². The molecule has 4 heteroatoms. The standard InChI is InChI=1S/C15H17NO3/c1-2-7-16(11-15(17)18)8-5-12-3-4-14-13(10-12)6-9-19-14/h1,3-4,10H,5-9,11H2,(H,17,18). The van der Waals surface area contributed by atoms with Gasteiger partial charge in [0, 0.05) is 13.0 Å². The van der Waals surface area contributed by atoms with Crippen LogP contribution in [-0.4, -0.2) is 42.2 Å². The van der Waals surface area contributed by atoms with Gasteiger partial charge in [-0.2, -0.15) is 0 Å². The van der Waals surface area contributed by atoms with Crippen molar-refractivity contribution in [1.82, 2.24) is 4.90 Å². The lowest BCUT2D eigenvalue weighted by Gasteiger charge is -2.17. The maximum Gasteiger partial charge on any atom is 0.317 e. The Bertz CT molecular complexity index is 505. The van der Waals surface area contributed by atoms with E-state index in [-0.39, 0.29) is 6.54 Å². The highest BCUT2D eigenvalue weighted by atomic mass is 16.5. The lowest BCUT2D eigenvalue weighted by atomic mass is 10.1. The second-order valence-electron chi connectivity index (χ2n) is 4.60. The quantitative estimate of drug-likeness (QED) is 0.780. The molecule has 0 spiro atoms. The van der Waals surface area contributed by atoms with Gasteiger partial charge in [-0.15, -0.1) is 6.42 Å². The molecular weight excluding hydrogens is 242 g/mol. The third kappa shape index (κ3) is 3.73. The second-order valence-corrected chi connectivity index (χ2v) is 4.60. The fraction of sp³-hybridized carbons (Fsp3) is 0.400. The fourth-order valence-corrected chi connectivity index (χ4v) is 2.22. The van der Waals surface area contributed by atoms with Crippen LogP contribution in [0.2, 0.25) is 0 Å². The van der Waals surface area contributed by atoms with Crippen molar-refractivity contribution in [1.29, 1.82) is 0 Å². The Hall–Kier alpha value is -1.99. The van der Waals surface area contributed by atoms with E-state index in [1.165, 1.54) is 11.1 Å². The predicted molar refractivity (Wildman–Crippen MR) is 72.3 cm³/mol. The van der Waals surface area contributed by atoms with E-state index in [1.54, 1.807) is 4.90 Å². The monoisotopic (exact) mass is 259 g/mol. The molecule has 4 nitrogen and oxygen atoms in total. The number of carboxylic acid groups (broad SMARTS) is 1. The third-order valence-electron chi connectivity index (χ3n) is 3.14. The zero-order valence-corrected chi connectivity index (χ0v) is 10.8. The summed E-state index contributed by atoms with van der Waals surface area (Å²) in [6, 6.07) is 6.15. The van der Waals surface area contributed by atoms with Crippen LogP contribution in [0.1, 0.15) is 11.1 Å². The van der Waals surface area contributed by atoms with E-state index in [0.717, 1.165) is 25.2 Å². The molecule has 0 aliphatic carbocycles. The first-order valence-electron chi connectivity index (χ1n) is 6.31. The molecule has 0 fully saturated rings. The average Bonchev–Trinajstić information content (AvgIpc) is 2.83. The van der Waals surface area contributed by atoms with Crippen LogP contribution in [0, 0.1) is 12.3 Å². The van der Waals surface area contributed by atoms with Gasteiger partial charge in [-0.05, 0) is 23.6 Å². The van der Waals surface area contributed by atoms with Crippen molar-refractivity contribution in [3.05, 3.63) is 29.3 Å². The molecule has 0 saturated carbocycles. The van der Waals surface area contributed by atoms with Gasteiger partial charge in [0.15, 0.2) is 0 Å². The Morgan fingerprint density at radius 3 is 3.11 bits per heavy atom. The van der Waals surface area contributed by atoms with Gasteiger partial charge in [-0.3, -0.25) is 9.69 Å². The lowest BCUT2D eigenvalue weighted by Crippen LogP contribution is -2.32. The SMILES string of the molecule is C#CCN(CCc1ccc2c(c1)CCO2)CC(=O)O.